The molecule has 1 saturated carbocycles. The Morgan fingerprint density at radius 3 is 3.00 bits per heavy atom. The summed E-state index contributed by atoms with van der Waals surface area (Å²) < 4.78 is 13.3. The molecule has 4 atom stereocenters. The van der Waals surface area contributed by atoms with Gasteiger partial charge in [0, 0.05) is 24.7 Å². The van der Waals surface area contributed by atoms with Gasteiger partial charge in [0.25, 0.3) is 0 Å². The summed E-state index contributed by atoms with van der Waals surface area (Å²) in [7, 11) is 0. The number of rotatable bonds is 2. The van der Waals surface area contributed by atoms with Gasteiger partial charge in [-0.2, -0.15) is 0 Å². The number of carbonyl (C=O) groups excluding carboxylic acids is 1. The molecule has 20 heavy (non-hydrogen) atoms. The van der Waals surface area contributed by atoms with Crippen LogP contribution < -0.4 is 16.6 Å². The Kier molecular flexibility index (Phi) is 3.67. The van der Waals surface area contributed by atoms with E-state index in [0.717, 1.165) is 24.8 Å². The molecule has 1 aliphatic carbocycles. The monoisotopic (exact) mass is 278 g/mol. The van der Waals surface area contributed by atoms with E-state index in [-0.39, 0.29) is 35.5 Å². The van der Waals surface area contributed by atoms with Crippen molar-refractivity contribution in [2.75, 3.05) is 6.54 Å². The highest BCUT2D eigenvalue weighted by Crippen LogP contribution is 2.41. The van der Waals surface area contributed by atoms with Crippen LogP contribution in [0.1, 0.15) is 30.7 Å². The maximum Gasteiger partial charge on any atom is 0.237 e. The Balaban J connectivity index is 1.80. The van der Waals surface area contributed by atoms with Gasteiger partial charge in [-0.3, -0.25) is 15.2 Å². The van der Waals surface area contributed by atoms with Gasteiger partial charge < -0.3 is 5.73 Å². The van der Waals surface area contributed by atoms with Crippen molar-refractivity contribution in [2.24, 2.45) is 17.6 Å². The summed E-state index contributed by atoms with van der Waals surface area (Å²) in [6.07, 6.45) is 5.49. The average molecular weight is 278 g/mol. The lowest BCUT2D eigenvalue weighted by atomic mass is 9.68. The van der Waals surface area contributed by atoms with Crippen molar-refractivity contribution < 1.29 is 9.18 Å². The van der Waals surface area contributed by atoms with E-state index in [1.165, 1.54) is 6.20 Å². The molecule has 4 N–H and O–H groups in total. The van der Waals surface area contributed by atoms with Crippen molar-refractivity contribution in [3.05, 3.63) is 29.8 Å². The summed E-state index contributed by atoms with van der Waals surface area (Å²) in [6.45, 7) is 0.482. The van der Waals surface area contributed by atoms with Crippen molar-refractivity contribution in [3.63, 3.8) is 0 Å². The lowest BCUT2D eigenvalue weighted by Gasteiger charge is -2.43. The van der Waals surface area contributed by atoms with E-state index in [1.54, 1.807) is 12.3 Å². The minimum absolute atomic E-state index is 0.0163. The van der Waals surface area contributed by atoms with E-state index in [9.17, 15) is 9.18 Å². The van der Waals surface area contributed by atoms with Crippen molar-refractivity contribution in [1.82, 2.24) is 15.8 Å². The molecule has 2 aliphatic rings. The third kappa shape index (κ3) is 2.41. The molecule has 1 aromatic heterocycles. The van der Waals surface area contributed by atoms with Crippen molar-refractivity contribution in [3.8, 4) is 0 Å². The minimum atomic E-state index is -0.306. The van der Waals surface area contributed by atoms with E-state index in [1.807, 2.05) is 0 Å². The summed E-state index contributed by atoms with van der Waals surface area (Å²) in [5.74, 6) is 0.217. The van der Waals surface area contributed by atoms with Gasteiger partial charge in [0.2, 0.25) is 5.91 Å². The van der Waals surface area contributed by atoms with Gasteiger partial charge >= 0.3 is 0 Å². The second kappa shape index (κ2) is 5.46. The number of hydrogen-bond acceptors (Lipinski definition) is 4. The van der Waals surface area contributed by atoms with Crippen molar-refractivity contribution in [1.29, 1.82) is 0 Å². The summed E-state index contributed by atoms with van der Waals surface area (Å²) in [5.41, 5.74) is 12.4. The third-order valence-corrected chi connectivity index (χ3v) is 4.59. The number of hydrazine groups is 1. The highest BCUT2D eigenvalue weighted by molar-refractivity contribution is 5.79. The molecule has 1 amide bonds. The number of carbonyl (C=O) groups is 1. The Morgan fingerprint density at radius 2 is 2.25 bits per heavy atom. The molecule has 6 heteroatoms. The average Bonchev–Trinajstić information content (AvgIpc) is 2.47. The molecule has 0 aromatic carbocycles. The Labute approximate surface area is 117 Å². The molecule has 2 fully saturated rings. The minimum Gasteiger partial charge on any atom is -0.329 e. The van der Waals surface area contributed by atoms with Gasteiger partial charge in [-0.25, -0.2) is 9.82 Å². The summed E-state index contributed by atoms with van der Waals surface area (Å²) in [4.78, 5) is 15.8. The van der Waals surface area contributed by atoms with Crippen molar-refractivity contribution >= 4 is 5.91 Å². The fraction of sp³-hybridized carbons (Fsp3) is 0.571. The highest BCUT2D eigenvalue weighted by Gasteiger charge is 2.42. The van der Waals surface area contributed by atoms with Gasteiger partial charge in [-0.15, -0.1) is 0 Å². The van der Waals surface area contributed by atoms with Crippen LogP contribution in [-0.4, -0.2) is 23.5 Å². The second-order valence-corrected chi connectivity index (χ2v) is 5.69. The van der Waals surface area contributed by atoms with Crippen LogP contribution in [0.3, 0.4) is 0 Å². The largest absolute Gasteiger partial charge is 0.329 e. The predicted molar refractivity (Wildman–Crippen MR) is 71.9 cm³/mol. The third-order valence-electron chi connectivity index (χ3n) is 4.59. The molecular formula is C14H19FN4O. The number of halogens is 1. The molecule has 5 nitrogen and oxygen atoms in total. The molecule has 2 heterocycles. The molecule has 1 aromatic rings. The number of hydrogen-bond donors (Lipinski definition) is 3. The number of nitrogens with zero attached hydrogens (tertiary/aromatic N) is 1. The first-order valence-electron chi connectivity index (χ1n) is 7.05. The standard InChI is InChI=1S/C14H19FN4O/c15-10-3-9(6-17-7-10)8-1-2-11-12(4-8)13(5-16)18-19-14(11)20/h3,6-8,11-13,18H,1-2,4-5,16H2,(H,19,20). The molecular weight excluding hydrogens is 259 g/mol. The molecule has 0 spiro atoms. The maximum absolute atomic E-state index is 13.3. The van der Waals surface area contributed by atoms with Gasteiger partial charge in [0.15, 0.2) is 0 Å². The van der Waals surface area contributed by atoms with Gasteiger partial charge in [0.1, 0.15) is 5.82 Å². The van der Waals surface area contributed by atoms with E-state index >= 15 is 0 Å². The van der Waals surface area contributed by atoms with Gasteiger partial charge in [-0.05, 0) is 42.7 Å². The van der Waals surface area contributed by atoms with Gasteiger partial charge in [0.05, 0.1) is 6.20 Å². The molecule has 0 bridgehead atoms. The van der Waals surface area contributed by atoms with Gasteiger partial charge in [-0.1, -0.05) is 0 Å². The number of pyridine rings is 1. The normalized spacial score (nSPS) is 33.4. The lowest BCUT2D eigenvalue weighted by Crippen LogP contribution is -2.62. The Morgan fingerprint density at radius 1 is 1.40 bits per heavy atom. The van der Waals surface area contributed by atoms with Crippen molar-refractivity contribution in [2.45, 2.75) is 31.2 Å². The number of amides is 1. The van der Waals surface area contributed by atoms with Crippen LogP contribution >= 0.6 is 0 Å². The van der Waals surface area contributed by atoms with E-state index in [4.69, 9.17) is 5.73 Å². The van der Waals surface area contributed by atoms with Crippen LogP contribution in [-0.2, 0) is 4.79 Å². The van der Waals surface area contributed by atoms with Crippen LogP contribution in [0.25, 0.3) is 0 Å². The summed E-state index contributed by atoms with van der Waals surface area (Å²) in [6, 6.07) is 1.63. The summed E-state index contributed by atoms with van der Waals surface area (Å²) >= 11 is 0. The zero-order chi connectivity index (χ0) is 14.1. The van der Waals surface area contributed by atoms with E-state index < -0.39 is 0 Å². The van der Waals surface area contributed by atoms with Crippen LogP contribution in [0.5, 0.6) is 0 Å². The molecule has 1 aliphatic heterocycles. The number of aromatic nitrogens is 1. The first kappa shape index (κ1) is 13.5. The van der Waals surface area contributed by atoms with E-state index in [0.29, 0.717) is 6.54 Å². The number of nitrogens with two attached hydrogens (primary N) is 1. The first-order chi connectivity index (χ1) is 9.69. The molecule has 108 valence electrons. The fourth-order valence-electron chi connectivity index (χ4n) is 3.53. The van der Waals surface area contributed by atoms with E-state index in [2.05, 4.69) is 15.8 Å². The van der Waals surface area contributed by atoms with Crippen LogP contribution in [0, 0.1) is 17.7 Å². The number of nitrogens with one attached hydrogen (secondary N) is 2. The Bertz CT molecular complexity index is 510. The zero-order valence-corrected chi connectivity index (χ0v) is 11.2. The highest BCUT2D eigenvalue weighted by atomic mass is 19.1. The molecule has 3 rings (SSSR count). The topological polar surface area (TPSA) is 80.0 Å². The summed E-state index contributed by atoms with van der Waals surface area (Å²) in [5, 5.41) is 0. The lowest BCUT2D eigenvalue weighted by molar-refractivity contribution is -0.133. The number of fused-ring (bicyclic) bond motifs is 1. The maximum atomic E-state index is 13.3. The van der Waals surface area contributed by atoms with Crippen LogP contribution in [0.15, 0.2) is 18.5 Å². The zero-order valence-electron chi connectivity index (χ0n) is 11.2. The second-order valence-electron chi connectivity index (χ2n) is 5.69. The predicted octanol–water partition coefficient (Wildman–Crippen LogP) is 0.682. The molecule has 1 saturated heterocycles. The SMILES string of the molecule is NCC1NNC(=O)C2CCC(c3cncc(F)c3)CC12. The Hall–Kier alpha value is -1.53. The molecule has 0 radical (unpaired) electrons. The fourth-order valence-corrected chi connectivity index (χ4v) is 3.53. The smallest absolute Gasteiger partial charge is 0.237 e. The molecule has 4 unspecified atom stereocenters. The van der Waals surface area contributed by atoms with Crippen LogP contribution in [0.2, 0.25) is 0 Å². The van der Waals surface area contributed by atoms with Crippen LogP contribution in [0.4, 0.5) is 4.39 Å². The quantitative estimate of drug-likeness (QED) is 0.743. The first-order valence-corrected chi connectivity index (χ1v) is 7.05.